The minimum absolute atomic E-state index is 0.0399. The molecule has 0 aliphatic carbocycles. The van der Waals surface area contributed by atoms with E-state index >= 15 is 0 Å². The highest BCUT2D eigenvalue weighted by Crippen LogP contribution is 2.40. The smallest absolute Gasteiger partial charge is 0.416 e. The Morgan fingerprint density at radius 2 is 1.76 bits per heavy atom. The van der Waals surface area contributed by atoms with Gasteiger partial charge in [0.05, 0.1) is 33.7 Å². The largest absolute Gasteiger partial charge is 0.448 e. The molecule has 4 aromatic rings. The van der Waals surface area contributed by atoms with Crippen molar-refractivity contribution in [2.24, 2.45) is 10.9 Å². The molecule has 6 N–H and O–H groups in total. The summed E-state index contributed by atoms with van der Waals surface area (Å²) >= 11 is 0. The van der Waals surface area contributed by atoms with Gasteiger partial charge in [0, 0.05) is 5.69 Å². The molecule has 0 radical (unpaired) electrons. The number of primary sulfonamides is 1. The van der Waals surface area contributed by atoms with E-state index in [9.17, 15) is 30.8 Å². The van der Waals surface area contributed by atoms with Crippen LogP contribution in [0.1, 0.15) is 22.9 Å². The number of nitrogens with zero attached hydrogens (tertiary/aromatic N) is 2. The van der Waals surface area contributed by atoms with Gasteiger partial charge in [-0.3, -0.25) is 10.3 Å². The molecule has 0 fully saturated rings. The summed E-state index contributed by atoms with van der Waals surface area (Å²) in [5.41, 5.74) is 4.64. The van der Waals surface area contributed by atoms with E-state index in [1.165, 1.54) is 53.6 Å². The molecule has 1 aliphatic rings. The maximum Gasteiger partial charge on any atom is 0.416 e. The summed E-state index contributed by atoms with van der Waals surface area (Å²) in [5.74, 6) is -0.888. The third kappa shape index (κ3) is 5.19. The zero-order chi connectivity index (χ0) is 29.7. The molecule has 2 amide bonds. The van der Waals surface area contributed by atoms with Gasteiger partial charge < -0.3 is 20.4 Å². The Bertz CT molecular complexity index is 1770. The van der Waals surface area contributed by atoms with Gasteiger partial charge in [-0.15, -0.1) is 0 Å². The second-order valence-electron chi connectivity index (χ2n) is 8.90. The summed E-state index contributed by atoms with van der Waals surface area (Å²) in [6.07, 6.45) is -4.30. The van der Waals surface area contributed by atoms with E-state index in [2.05, 4.69) is 5.32 Å². The Morgan fingerprint density at radius 3 is 2.39 bits per heavy atom. The summed E-state index contributed by atoms with van der Waals surface area (Å²) in [7, 11) is -4.05. The number of rotatable bonds is 5. The fraction of sp³-hybridized carbons (Fsp3) is 0.0769. The van der Waals surface area contributed by atoms with Crippen molar-refractivity contribution in [2.45, 2.75) is 17.2 Å². The van der Waals surface area contributed by atoms with Crippen LogP contribution in [0.2, 0.25) is 0 Å². The Kier molecular flexibility index (Phi) is 6.71. The van der Waals surface area contributed by atoms with E-state index in [0.717, 1.165) is 0 Å². The maximum absolute atomic E-state index is 14.6. The van der Waals surface area contributed by atoms with Crippen molar-refractivity contribution in [3.63, 3.8) is 0 Å². The molecule has 1 aromatic heterocycles. The molecule has 1 aliphatic heterocycles. The molecule has 3 aromatic carbocycles. The van der Waals surface area contributed by atoms with Crippen LogP contribution in [0.5, 0.6) is 0 Å². The van der Waals surface area contributed by atoms with Crippen molar-refractivity contribution in [1.82, 2.24) is 0 Å². The van der Waals surface area contributed by atoms with Crippen LogP contribution in [0, 0.1) is 11.2 Å². The minimum Gasteiger partial charge on any atom is -0.448 e. The molecule has 1 unspecified atom stereocenters. The number of hydrogen-bond donors (Lipinski definition) is 4. The second kappa shape index (κ2) is 9.94. The molecule has 0 bridgehead atoms. The number of fused-ring (bicyclic) bond motifs is 1. The lowest BCUT2D eigenvalue weighted by Crippen LogP contribution is -2.42. The lowest BCUT2D eigenvalue weighted by Gasteiger charge is -2.38. The van der Waals surface area contributed by atoms with E-state index in [4.69, 9.17) is 20.7 Å². The molecule has 2 heterocycles. The number of primary amides is 1. The lowest BCUT2D eigenvalue weighted by molar-refractivity contribution is -0.137. The average Bonchev–Trinajstić information content (AvgIpc) is 3.38. The third-order valence-electron chi connectivity index (χ3n) is 6.31. The van der Waals surface area contributed by atoms with Gasteiger partial charge in [0.1, 0.15) is 17.8 Å². The predicted molar refractivity (Wildman–Crippen MR) is 142 cm³/mol. The number of anilines is 4. The van der Waals surface area contributed by atoms with Crippen molar-refractivity contribution in [3.05, 3.63) is 102 Å². The standard InChI is InChI=1S/C26H20F4N6O4S/c27-20-9-4-15(26(28,29)30)13-21(20)35(25(32)37)16-5-7-17(8-6-16)36-22(31)19-10-11-40-24(19)34-23(36)14-2-1-3-18(12-14)41(33,38)39/h1-13,23,31,34H,(H2,32,37)(H2,33,38,39). The summed E-state index contributed by atoms with van der Waals surface area (Å²) in [6.45, 7) is 0. The molecule has 212 valence electrons. The number of urea groups is 1. The van der Waals surface area contributed by atoms with Crippen LogP contribution in [-0.2, 0) is 16.2 Å². The van der Waals surface area contributed by atoms with E-state index in [1.54, 1.807) is 12.1 Å². The van der Waals surface area contributed by atoms with Crippen LogP contribution < -0.4 is 26.0 Å². The number of furan rings is 1. The highest BCUT2D eigenvalue weighted by atomic mass is 32.2. The van der Waals surface area contributed by atoms with E-state index in [1.807, 2.05) is 0 Å². The number of halogens is 4. The maximum atomic E-state index is 14.6. The SMILES string of the molecule is N=C1c2ccoc2NC(c2cccc(S(N)(=O)=O)c2)N1c1ccc(N(C(N)=O)c2cc(C(F)(F)F)ccc2F)cc1. The highest BCUT2D eigenvalue weighted by Gasteiger charge is 2.35. The monoisotopic (exact) mass is 588 g/mol. The van der Waals surface area contributed by atoms with Gasteiger partial charge in [-0.2, -0.15) is 13.2 Å². The average molecular weight is 589 g/mol. The van der Waals surface area contributed by atoms with Crippen LogP contribution in [-0.4, -0.2) is 20.3 Å². The first-order chi connectivity index (χ1) is 19.3. The molecule has 0 spiro atoms. The fourth-order valence-corrected chi connectivity index (χ4v) is 5.00. The second-order valence-corrected chi connectivity index (χ2v) is 10.5. The number of carbonyl (C=O) groups is 1. The lowest BCUT2D eigenvalue weighted by atomic mass is 10.1. The predicted octanol–water partition coefficient (Wildman–Crippen LogP) is 5.26. The molecule has 15 heteroatoms. The first kappa shape index (κ1) is 27.7. The van der Waals surface area contributed by atoms with Crippen LogP contribution in [0.4, 0.5) is 45.3 Å². The third-order valence-corrected chi connectivity index (χ3v) is 7.22. The fourth-order valence-electron chi connectivity index (χ4n) is 4.43. The zero-order valence-corrected chi connectivity index (χ0v) is 21.5. The number of nitrogens with one attached hydrogen (secondary N) is 2. The molecule has 1 atom stereocenters. The van der Waals surface area contributed by atoms with E-state index in [0.29, 0.717) is 39.9 Å². The number of carbonyl (C=O) groups excluding carboxylic acids is 1. The van der Waals surface area contributed by atoms with Gasteiger partial charge >= 0.3 is 12.2 Å². The molecule has 10 nitrogen and oxygen atoms in total. The van der Waals surface area contributed by atoms with Gasteiger partial charge in [-0.1, -0.05) is 12.1 Å². The van der Waals surface area contributed by atoms with E-state index in [-0.39, 0.29) is 22.3 Å². The van der Waals surface area contributed by atoms with Gasteiger partial charge in [0.2, 0.25) is 15.9 Å². The molecule has 5 rings (SSSR count). The van der Waals surface area contributed by atoms with E-state index < -0.39 is 45.5 Å². The van der Waals surface area contributed by atoms with Gasteiger partial charge in [-0.05, 0) is 66.2 Å². The van der Waals surface area contributed by atoms with Crippen molar-refractivity contribution in [3.8, 4) is 0 Å². The Hall–Kier alpha value is -4.89. The number of amidine groups is 1. The first-order valence-corrected chi connectivity index (χ1v) is 13.2. The number of amides is 2. The zero-order valence-electron chi connectivity index (χ0n) is 20.7. The van der Waals surface area contributed by atoms with Crippen molar-refractivity contribution in [2.75, 3.05) is 15.1 Å². The van der Waals surface area contributed by atoms with Gasteiger partial charge in [-0.25, -0.2) is 22.7 Å². The van der Waals surface area contributed by atoms with Gasteiger partial charge in [0.15, 0.2) is 0 Å². The summed E-state index contributed by atoms with van der Waals surface area (Å²) in [5, 5.41) is 17.2. The van der Waals surface area contributed by atoms with Crippen LogP contribution >= 0.6 is 0 Å². The number of alkyl halides is 3. The van der Waals surface area contributed by atoms with Crippen molar-refractivity contribution >= 4 is 44.8 Å². The van der Waals surface area contributed by atoms with Crippen molar-refractivity contribution < 1.29 is 35.2 Å². The van der Waals surface area contributed by atoms with Crippen LogP contribution in [0.25, 0.3) is 0 Å². The summed E-state index contributed by atoms with van der Waals surface area (Å²) in [4.78, 5) is 14.2. The first-order valence-electron chi connectivity index (χ1n) is 11.7. The minimum atomic E-state index is -4.79. The van der Waals surface area contributed by atoms with Crippen molar-refractivity contribution in [1.29, 1.82) is 5.41 Å². The quantitative estimate of drug-likeness (QED) is 0.233. The Labute approximate surface area is 230 Å². The Morgan fingerprint density at radius 1 is 1.05 bits per heavy atom. The number of hydrogen-bond acceptors (Lipinski definition) is 6. The number of nitrogens with two attached hydrogens (primary N) is 2. The molecular formula is C26H20F4N6O4S. The molecule has 41 heavy (non-hydrogen) atoms. The summed E-state index contributed by atoms with van der Waals surface area (Å²) in [6, 6.07) is 13.2. The van der Waals surface area contributed by atoms with Crippen LogP contribution in [0.3, 0.4) is 0 Å². The Balaban J connectivity index is 1.57. The van der Waals surface area contributed by atoms with Crippen LogP contribution in [0.15, 0.2) is 88.4 Å². The molecule has 0 saturated heterocycles. The topological polar surface area (TPSA) is 159 Å². The molecule has 0 saturated carbocycles. The molecular weight excluding hydrogens is 568 g/mol. The summed E-state index contributed by atoms with van der Waals surface area (Å²) < 4.78 is 83.8. The normalized spacial score (nSPS) is 15.3. The van der Waals surface area contributed by atoms with Gasteiger partial charge in [0.25, 0.3) is 0 Å². The number of benzene rings is 3. The number of sulfonamides is 1. The highest BCUT2D eigenvalue weighted by molar-refractivity contribution is 7.89.